The van der Waals surface area contributed by atoms with Gasteiger partial charge in [0.15, 0.2) is 12.0 Å². The van der Waals surface area contributed by atoms with Gasteiger partial charge in [-0.3, -0.25) is 14.5 Å². The first-order chi connectivity index (χ1) is 21.1. The molecule has 0 aromatic heterocycles. The van der Waals surface area contributed by atoms with Crippen LogP contribution in [0.5, 0.6) is 5.75 Å². The third kappa shape index (κ3) is 7.16. The molecule has 3 aromatic carbocycles. The Balaban J connectivity index is 1.16. The van der Waals surface area contributed by atoms with E-state index in [0.29, 0.717) is 24.5 Å². The molecule has 224 valence electrons. The van der Waals surface area contributed by atoms with Gasteiger partial charge in [0, 0.05) is 58.1 Å². The Hall–Kier alpha value is -3.98. The highest BCUT2D eigenvalue weighted by molar-refractivity contribution is 5.99. The minimum atomic E-state index is -0.709. The highest BCUT2D eigenvalue weighted by Gasteiger charge is 2.48. The maximum Gasteiger partial charge on any atom is 0.267 e. The number of benzene rings is 3. The van der Waals surface area contributed by atoms with Crippen LogP contribution in [0.25, 0.3) is 6.08 Å². The van der Waals surface area contributed by atoms with Crippen LogP contribution in [-0.2, 0) is 27.3 Å². The van der Waals surface area contributed by atoms with Crippen LogP contribution in [0.3, 0.4) is 0 Å². The van der Waals surface area contributed by atoms with Crippen molar-refractivity contribution < 1.29 is 23.9 Å². The largest absolute Gasteiger partial charge is 0.467 e. The third-order valence-electron chi connectivity index (χ3n) is 8.51. The second-order valence-electron chi connectivity index (χ2n) is 11.5. The van der Waals surface area contributed by atoms with Gasteiger partial charge in [0.1, 0.15) is 5.75 Å². The number of nitrogens with zero attached hydrogens (tertiary/aromatic N) is 2. The van der Waals surface area contributed by atoms with Gasteiger partial charge >= 0.3 is 0 Å². The van der Waals surface area contributed by atoms with Crippen molar-refractivity contribution in [2.75, 3.05) is 26.2 Å². The van der Waals surface area contributed by atoms with Crippen molar-refractivity contribution in [1.82, 2.24) is 15.3 Å². The lowest BCUT2D eigenvalue weighted by Crippen LogP contribution is -2.62. The standard InChI is InChI=1S/C35H39N3O5/c39-32(36-43-33-13-7-8-24-41-33)17-15-28-14-16-31-30(25-28)34(40)38(26-29-11-5-2-6-12-29)35(42-31)19-22-37(23-20-35)21-18-27-9-3-1-4-10-27/h1-6,9-12,14-17,25,33H,7-8,13,18-24,26H2,(H,36,39)/b17-15+. The summed E-state index contributed by atoms with van der Waals surface area (Å²) >= 11 is 0. The molecule has 1 spiro atoms. The highest BCUT2D eigenvalue weighted by Crippen LogP contribution is 2.41. The number of nitrogens with one attached hydrogen (secondary N) is 1. The van der Waals surface area contributed by atoms with Gasteiger partial charge in [0.05, 0.1) is 5.56 Å². The van der Waals surface area contributed by atoms with Gasteiger partial charge in [0.2, 0.25) is 0 Å². The summed E-state index contributed by atoms with van der Waals surface area (Å²) < 4.78 is 12.2. The zero-order valence-corrected chi connectivity index (χ0v) is 24.5. The van der Waals surface area contributed by atoms with Crippen molar-refractivity contribution in [1.29, 1.82) is 0 Å². The first-order valence-electron chi connectivity index (χ1n) is 15.3. The summed E-state index contributed by atoms with van der Waals surface area (Å²) in [6, 6.07) is 26.1. The van der Waals surface area contributed by atoms with E-state index in [1.807, 2.05) is 53.4 Å². The number of likely N-dealkylation sites (tertiary alicyclic amines) is 1. The Kier molecular flexibility index (Phi) is 9.17. The maximum absolute atomic E-state index is 14.1. The van der Waals surface area contributed by atoms with Crippen molar-refractivity contribution in [3.8, 4) is 5.75 Å². The van der Waals surface area contributed by atoms with Crippen molar-refractivity contribution in [2.45, 2.75) is 57.1 Å². The van der Waals surface area contributed by atoms with Crippen LogP contribution in [-0.4, -0.2) is 59.9 Å². The molecular formula is C35H39N3O5. The van der Waals surface area contributed by atoms with Crippen LogP contribution in [0, 0.1) is 0 Å². The van der Waals surface area contributed by atoms with E-state index in [9.17, 15) is 9.59 Å². The summed E-state index contributed by atoms with van der Waals surface area (Å²) in [5.41, 5.74) is 5.35. The Labute approximate surface area is 253 Å². The lowest BCUT2D eigenvalue weighted by atomic mass is 9.93. The molecule has 8 nitrogen and oxygen atoms in total. The number of hydroxylamine groups is 1. The number of hydrogen-bond donors (Lipinski definition) is 1. The summed E-state index contributed by atoms with van der Waals surface area (Å²) in [6.07, 6.45) is 7.88. The van der Waals surface area contributed by atoms with E-state index in [-0.39, 0.29) is 5.91 Å². The maximum atomic E-state index is 14.1. The quantitative estimate of drug-likeness (QED) is 0.271. The fourth-order valence-electron chi connectivity index (χ4n) is 6.04. The van der Waals surface area contributed by atoms with Crippen LogP contribution in [0.1, 0.15) is 59.2 Å². The Bertz CT molecular complexity index is 1410. The molecule has 3 aromatic rings. The summed E-state index contributed by atoms with van der Waals surface area (Å²) in [4.78, 5) is 36.2. The van der Waals surface area contributed by atoms with Crippen LogP contribution in [0.4, 0.5) is 0 Å². The molecule has 0 bridgehead atoms. The first kappa shape index (κ1) is 29.1. The molecule has 1 N–H and O–H groups in total. The molecule has 2 saturated heterocycles. The van der Waals surface area contributed by atoms with Gasteiger partial charge in [-0.05, 0) is 54.2 Å². The molecule has 1 unspecified atom stereocenters. The van der Waals surface area contributed by atoms with E-state index in [0.717, 1.165) is 69.3 Å². The molecule has 0 saturated carbocycles. The zero-order valence-electron chi connectivity index (χ0n) is 24.5. The smallest absolute Gasteiger partial charge is 0.267 e. The average molecular weight is 582 g/mol. The van der Waals surface area contributed by atoms with Gasteiger partial charge in [0.25, 0.3) is 11.8 Å². The molecule has 2 fully saturated rings. The summed E-state index contributed by atoms with van der Waals surface area (Å²) in [5, 5.41) is 0. The molecule has 3 aliphatic heterocycles. The molecule has 3 heterocycles. The Morgan fingerprint density at radius 1 is 0.977 bits per heavy atom. The van der Waals surface area contributed by atoms with Crippen LogP contribution in [0.2, 0.25) is 0 Å². The summed E-state index contributed by atoms with van der Waals surface area (Å²) in [6.45, 7) is 3.78. The van der Waals surface area contributed by atoms with E-state index >= 15 is 0 Å². The monoisotopic (exact) mass is 581 g/mol. The van der Waals surface area contributed by atoms with Crippen molar-refractivity contribution in [3.05, 3.63) is 107 Å². The lowest BCUT2D eigenvalue weighted by Gasteiger charge is -2.51. The second kappa shape index (κ2) is 13.5. The number of hydrogen-bond acceptors (Lipinski definition) is 6. The van der Waals surface area contributed by atoms with Crippen molar-refractivity contribution in [3.63, 3.8) is 0 Å². The second-order valence-corrected chi connectivity index (χ2v) is 11.5. The topological polar surface area (TPSA) is 80.3 Å². The average Bonchev–Trinajstić information content (AvgIpc) is 3.06. The fourth-order valence-corrected chi connectivity index (χ4v) is 6.04. The highest BCUT2D eigenvalue weighted by atomic mass is 16.8. The van der Waals surface area contributed by atoms with Crippen molar-refractivity contribution >= 4 is 17.9 Å². The normalized spacial score (nSPS) is 20.1. The molecule has 0 radical (unpaired) electrons. The molecule has 6 rings (SSSR count). The molecule has 1 atom stereocenters. The van der Waals surface area contributed by atoms with Crippen molar-refractivity contribution in [2.24, 2.45) is 0 Å². The minimum absolute atomic E-state index is 0.0553. The SMILES string of the molecule is O=C(/C=C/c1ccc2c(c1)C(=O)N(Cc1ccccc1)C1(CCN(CCc3ccccc3)CC1)O2)NOC1CCCCO1. The van der Waals surface area contributed by atoms with Crippen LogP contribution < -0.4 is 10.2 Å². The van der Waals surface area contributed by atoms with E-state index in [1.54, 1.807) is 12.1 Å². The van der Waals surface area contributed by atoms with Gasteiger partial charge < -0.3 is 14.4 Å². The molecular weight excluding hydrogens is 542 g/mol. The van der Waals surface area contributed by atoms with Crippen LogP contribution >= 0.6 is 0 Å². The summed E-state index contributed by atoms with van der Waals surface area (Å²) in [5.74, 6) is 0.143. The molecule has 0 aliphatic carbocycles. The first-order valence-corrected chi connectivity index (χ1v) is 15.3. The third-order valence-corrected chi connectivity index (χ3v) is 8.51. The lowest BCUT2D eigenvalue weighted by molar-refractivity contribution is -0.198. The fraction of sp³-hybridized carbons (Fsp3) is 0.371. The van der Waals surface area contributed by atoms with E-state index in [1.165, 1.54) is 11.6 Å². The Morgan fingerprint density at radius 2 is 1.72 bits per heavy atom. The Morgan fingerprint density at radius 3 is 2.44 bits per heavy atom. The predicted molar refractivity (Wildman–Crippen MR) is 164 cm³/mol. The predicted octanol–water partition coefficient (Wildman–Crippen LogP) is 5.34. The number of rotatable bonds is 9. The molecule has 2 amide bonds. The molecule has 3 aliphatic rings. The van der Waals surface area contributed by atoms with Gasteiger partial charge in [-0.1, -0.05) is 66.7 Å². The molecule has 43 heavy (non-hydrogen) atoms. The van der Waals surface area contributed by atoms with E-state index < -0.39 is 17.9 Å². The number of carbonyl (C=O) groups excluding carboxylic acids is 2. The van der Waals surface area contributed by atoms with E-state index in [2.05, 4.69) is 34.6 Å². The number of fused-ring (bicyclic) bond motifs is 1. The van der Waals surface area contributed by atoms with Gasteiger partial charge in [-0.2, -0.15) is 0 Å². The summed E-state index contributed by atoms with van der Waals surface area (Å²) in [7, 11) is 0. The number of ether oxygens (including phenoxy) is 2. The minimum Gasteiger partial charge on any atom is -0.467 e. The van der Waals surface area contributed by atoms with Crippen LogP contribution in [0.15, 0.2) is 84.9 Å². The number of amides is 2. The zero-order chi connectivity index (χ0) is 29.5. The number of piperidine rings is 1. The van der Waals surface area contributed by atoms with Gasteiger partial charge in [-0.15, -0.1) is 0 Å². The van der Waals surface area contributed by atoms with E-state index in [4.69, 9.17) is 14.3 Å². The number of carbonyl (C=O) groups is 2. The molecule has 8 heteroatoms. The van der Waals surface area contributed by atoms with Gasteiger partial charge in [-0.25, -0.2) is 10.3 Å².